The van der Waals surface area contributed by atoms with E-state index >= 15 is 0 Å². The number of ketones is 1. The van der Waals surface area contributed by atoms with Gasteiger partial charge in [-0.05, 0) is 24.3 Å². The number of amides is 1. The van der Waals surface area contributed by atoms with Gasteiger partial charge in [-0.25, -0.2) is 0 Å². The number of Topliss-reactive ketones (excluding diaryl/α,β-unsaturated/α-hetero) is 1. The average Bonchev–Trinajstić information content (AvgIpc) is 3.11. The van der Waals surface area contributed by atoms with Crippen LogP contribution in [0.3, 0.4) is 0 Å². The highest BCUT2D eigenvalue weighted by Gasteiger charge is 2.27. The van der Waals surface area contributed by atoms with Gasteiger partial charge in [-0.15, -0.1) is 0 Å². The molecule has 24 heavy (non-hydrogen) atoms. The summed E-state index contributed by atoms with van der Waals surface area (Å²) in [7, 11) is 0. The zero-order valence-electron chi connectivity index (χ0n) is 13.0. The lowest BCUT2D eigenvalue weighted by molar-refractivity contribution is -0.122. The van der Waals surface area contributed by atoms with Crippen LogP contribution in [0.15, 0.2) is 59.1 Å². The molecule has 124 valence electrons. The third-order valence-electron chi connectivity index (χ3n) is 3.96. The van der Waals surface area contributed by atoms with Crippen molar-refractivity contribution in [2.24, 2.45) is 0 Å². The monoisotopic (exact) mass is 387 g/mol. The van der Waals surface area contributed by atoms with Gasteiger partial charge in [-0.1, -0.05) is 46.3 Å². The molecule has 0 aliphatic carbocycles. The fraction of sp³-hybridized carbons (Fsp3) is 0.222. The highest BCUT2D eigenvalue weighted by Crippen LogP contribution is 2.16. The Morgan fingerprint density at radius 2 is 1.83 bits per heavy atom. The van der Waals surface area contributed by atoms with Gasteiger partial charge in [0.2, 0.25) is 5.91 Å². The van der Waals surface area contributed by atoms with Gasteiger partial charge in [0.15, 0.2) is 5.78 Å². The van der Waals surface area contributed by atoms with Crippen molar-refractivity contribution in [2.75, 3.05) is 24.7 Å². The molecule has 0 radical (unpaired) electrons. The Hall–Kier alpha value is -2.18. The van der Waals surface area contributed by atoms with Crippen molar-refractivity contribution in [1.29, 1.82) is 0 Å². The first-order valence-corrected chi connectivity index (χ1v) is 8.52. The molecule has 2 aromatic carbocycles. The van der Waals surface area contributed by atoms with Gasteiger partial charge in [-0.2, -0.15) is 0 Å². The van der Waals surface area contributed by atoms with E-state index in [1.807, 2.05) is 42.5 Å². The van der Waals surface area contributed by atoms with E-state index in [0.717, 1.165) is 10.2 Å². The summed E-state index contributed by atoms with van der Waals surface area (Å²) in [6.45, 7) is 1.20. The normalized spacial score (nSPS) is 16.9. The van der Waals surface area contributed by atoms with E-state index in [1.54, 1.807) is 12.1 Å². The molecule has 1 atom stereocenters. The SMILES string of the molecule is O=C(CNC(=O)C1CN(c2ccccc2)CN1)c1ccc(Br)cc1. The number of benzene rings is 2. The molecule has 5 nitrogen and oxygen atoms in total. The van der Waals surface area contributed by atoms with E-state index in [0.29, 0.717) is 18.8 Å². The minimum Gasteiger partial charge on any atom is -0.357 e. The Morgan fingerprint density at radius 3 is 2.54 bits per heavy atom. The number of carbonyl (C=O) groups excluding carboxylic acids is 2. The second-order valence-electron chi connectivity index (χ2n) is 5.62. The first-order chi connectivity index (χ1) is 11.6. The predicted molar refractivity (Wildman–Crippen MR) is 97.1 cm³/mol. The minimum absolute atomic E-state index is 0.00395. The summed E-state index contributed by atoms with van der Waals surface area (Å²) >= 11 is 3.33. The Labute approximate surface area is 149 Å². The number of para-hydroxylation sites is 1. The summed E-state index contributed by atoms with van der Waals surface area (Å²) in [5, 5.41) is 5.89. The topological polar surface area (TPSA) is 61.4 Å². The number of rotatable bonds is 5. The smallest absolute Gasteiger partial charge is 0.239 e. The fourth-order valence-corrected chi connectivity index (χ4v) is 2.87. The number of carbonyl (C=O) groups is 2. The van der Waals surface area contributed by atoms with Crippen LogP contribution in [-0.2, 0) is 4.79 Å². The molecular formula is C18H18BrN3O2. The van der Waals surface area contributed by atoms with Gasteiger partial charge >= 0.3 is 0 Å². The number of anilines is 1. The number of hydrogen-bond acceptors (Lipinski definition) is 4. The molecule has 3 rings (SSSR count). The van der Waals surface area contributed by atoms with Crippen LogP contribution in [0, 0.1) is 0 Å². The van der Waals surface area contributed by atoms with E-state index in [1.165, 1.54) is 0 Å². The van der Waals surface area contributed by atoms with E-state index in [4.69, 9.17) is 0 Å². The third-order valence-corrected chi connectivity index (χ3v) is 4.49. The summed E-state index contributed by atoms with van der Waals surface area (Å²) in [6, 6.07) is 16.7. The molecular weight excluding hydrogens is 370 g/mol. The second-order valence-corrected chi connectivity index (χ2v) is 6.54. The van der Waals surface area contributed by atoms with E-state index < -0.39 is 0 Å². The number of halogens is 1. The van der Waals surface area contributed by atoms with Crippen molar-refractivity contribution in [1.82, 2.24) is 10.6 Å². The van der Waals surface area contributed by atoms with Gasteiger partial charge < -0.3 is 10.2 Å². The maximum atomic E-state index is 12.3. The Balaban J connectivity index is 1.51. The molecule has 0 aromatic heterocycles. The second kappa shape index (κ2) is 7.59. The molecule has 1 aliphatic heterocycles. The number of nitrogens with one attached hydrogen (secondary N) is 2. The van der Waals surface area contributed by atoms with Crippen LogP contribution in [-0.4, -0.2) is 37.5 Å². The molecule has 0 spiro atoms. The summed E-state index contributed by atoms with van der Waals surface area (Å²) in [4.78, 5) is 26.5. The molecule has 1 amide bonds. The lowest BCUT2D eigenvalue weighted by Crippen LogP contribution is -2.44. The summed E-state index contributed by atoms with van der Waals surface area (Å²) < 4.78 is 0.916. The maximum absolute atomic E-state index is 12.3. The van der Waals surface area contributed by atoms with Crippen molar-refractivity contribution in [3.63, 3.8) is 0 Å². The minimum atomic E-state index is -0.317. The van der Waals surface area contributed by atoms with Crippen LogP contribution in [0.5, 0.6) is 0 Å². The summed E-state index contributed by atoms with van der Waals surface area (Å²) in [6.07, 6.45) is 0. The molecule has 6 heteroatoms. The first kappa shape index (κ1) is 16.7. The van der Waals surface area contributed by atoms with Crippen LogP contribution in [0.2, 0.25) is 0 Å². The third kappa shape index (κ3) is 4.01. The zero-order valence-corrected chi connectivity index (χ0v) is 14.6. The van der Waals surface area contributed by atoms with Crippen LogP contribution in [0.1, 0.15) is 10.4 Å². The van der Waals surface area contributed by atoms with Crippen molar-refractivity contribution in [2.45, 2.75) is 6.04 Å². The van der Waals surface area contributed by atoms with Crippen molar-refractivity contribution >= 4 is 33.3 Å². The van der Waals surface area contributed by atoms with E-state index in [9.17, 15) is 9.59 Å². The Morgan fingerprint density at radius 1 is 1.12 bits per heavy atom. The van der Waals surface area contributed by atoms with Crippen molar-refractivity contribution < 1.29 is 9.59 Å². The molecule has 2 N–H and O–H groups in total. The van der Waals surface area contributed by atoms with Crippen LogP contribution < -0.4 is 15.5 Å². The summed E-state index contributed by atoms with van der Waals surface area (Å²) in [5.74, 6) is -0.257. The molecule has 0 bridgehead atoms. The molecule has 1 saturated heterocycles. The Bertz CT molecular complexity index is 719. The van der Waals surface area contributed by atoms with Gasteiger partial charge in [0.1, 0.15) is 6.04 Å². The molecule has 2 aromatic rings. The average molecular weight is 388 g/mol. The zero-order chi connectivity index (χ0) is 16.9. The molecule has 1 fully saturated rings. The standard InChI is InChI=1S/C18H18BrN3O2/c19-14-8-6-13(7-9-14)17(23)10-20-18(24)16-11-22(12-21-16)15-4-2-1-3-5-15/h1-9,16,21H,10-12H2,(H,20,24). The predicted octanol–water partition coefficient (Wildman–Crippen LogP) is 2.18. The molecule has 0 saturated carbocycles. The quantitative estimate of drug-likeness (QED) is 0.771. The number of hydrogen-bond donors (Lipinski definition) is 2. The Kier molecular flexibility index (Phi) is 5.27. The lowest BCUT2D eigenvalue weighted by atomic mass is 10.1. The lowest BCUT2D eigenvalue weighted by Gasteiger charge is -2.16. The maximum Gasteiger partial charge on any atom is 0.239 e. The van der Waals surface area contributed by atoms with Crippen LogP contribution in [0.25, 0.3) is 0 Å². The fourth-order valence-electron chi connectivity index (χ4n) is 2.61. The highest BCUT2D eigenvalue weighted by molar-refractivity contribution is 9.10. The summed E-state index contributed by atoms with van der Waals surface area (Å²) in [5.41, 5.74) is 1.66. The first-order valence-electron chi connectivity index (χ1n) is 7.73. The van der Waals surface area contributed by atoms with Crippen LogP contribution in [0.4, 0.5) is 5.69 Å². The van der Waals surface area contributed by atoms with Crippen molar-refractivity contribution in [3.05, 3.63) is 64.6 Å². The van der Waals surface area contributed by atoms with Crippen molar-refractivity contribution in [3.8, 4) is 0 Å². The molecule has 1 heterocycles. The highest BCUT2D eigenvalue weighted by atomic mass is 79.9. The van der Waals surface area contributed by atoms with Crippen LogP contribution >= 0.6 is 15.9 Å². The van der Waals surface area contributed by atoms with Gasteiger partial charge in [-0.3, -0.25) is 14.9 Å². The van der Waals surface area contributed by atoms with Gasteiger partial charge in [0.25, 0.3) is 0 Å². The van der Waals surface area contributed by atoms with E-state index in [-0.39, 0.29) is 24.3 Å². The molecule has 1 aliphatic rings. The van der Waals surface area contributed by atoms with Gasteiger partial charge in [0.05, 0.1) is 13.2 Å². The number of nitrogens with zero attached hydrogens (tertiary/aromatic N) is 1. The van der Waals surface area contributed by atoms with Gasteiger partial charge in [0, 0.05) is 22.3 Å². The van der Waals surface area contributed by atoms with E-state index in [2.05, 4.69) is 31.5 Å². The largest absolute Gasteiger partial charge is 0.357 e. The molecule has 1 unspecified atom stereocenters.